The van der Waals surface area contributed by atoms with Gasteiger partial charge in [-0.15, -0.1) is 0 Å². The Labute approximate surface area is 139 Å². The van der Waals surface area contributed by atoms with Crippen LogP contribution in [0, 0.1) is 5.92 Å². The molecule has 0 spiro atoms. The molecule has 2 rings (SSSR count). The number of likely N-dealkylation sites (N-methyl/N-ethyl adjacent to an activating group) is 1. The Hall–Kier alpha value is -2.42. The lowest BCUT2D eigenvalue weighted by atomic mass is 10.2. The molecule has 3 heteroatoms. The maximum Gasteiger partial charge on any atom is 0.115 e. The van der Waals surface area contributed by atoms with Crippen molar-refractivity contribution in [3.63, 3.8) is 0 Å². The maximum atomic E-state index is 9.57. The summed E-state index contributed by atoms with van der Waals surface area (Å²) in [7, 11) is 2.02. The summed E-state index contributed by atoms with van der Waals surface area (Å²) in [5.74, 6) is 1.12. The molecule has 2 N–H and O–H groups in total. The van der Waals surface area contributed by atoms with Gasteiger partial charge in [0.25, 0.3) is 0 Å². The molecule has 0 radical (unpaired) electrons. The van der Waals surface area contributed by atoms with Crippen molar-refractivity contribution in [3.05, 3.63) is 78.7 Å². The molecule has 0 bridgehead atoms. The van der Waals surface area contributed by atoms with Crippen LogP contribution in [0.25, 0.3) is 0 Å². The van der Waals surface area contributed by atoms with Gasteiger partial charge in [0.1, 0.15) is 5.75 Å². The molecule has 122 valence electrons. The minimum Gasteiger partial charge on any atom is -0.508 e. The Balaban J connectivity index is 1.94. The van der Waals surface area contributed by atoms with Crippen LogP contribution >= 0.6 is 0 Å². The van der Waals surface area contributed by atoms with Crippen molar-refractivity contribution in [3.8, 4) is 5.75 Å². The van der Waals surface area contributed by atoms with E-state index in [9.17, 15) is 5.11 Å². The third-order valence-electron chi connectivity index (χ3n) is 3.83. The zero-order valence-corrected chi connectivity index (χ0v) is 13.8. The number of phenolic OH excluding ortho intramolecular Hbond substituents is 1. The maximum absolute atomic E-state index is 9.57. The van der Waals surface area contributed by atoms with E-state index in [1.165, 1.54) is 12.8 Å². The monoisotopic (exact) mass is 310 g/mol. The molecule has 0 heterocycles. The van der Waals surface area contributed by atoms with Gasteiger partial charge in [-0.1, -0.05) is 31.4 Å². The summed E-state index contributed by atoms with van der Waals surface area (Å²) in [5, 5.41) is 12.9. The first-order chi connectivity index (χ1) is 11.1. The number of allylic oxidation sites excluding steroid dienone is 4. The highest BCUT2D eigenvalue weighted by molar-refractivity contribution is 5.30. The van der Waals surface area contributed by atoms with Crippen molar-refractivity contribution in [1.29, 1.82) is 0 Å². The number of benzene rings is 1. The van der Waals surface area contributed by atoms with Crippen LogP contribution in [-0.2, 0) is 6.54 Å². The summed E-state index contributed by atoms with van der Waals surface area (Å²) >= 11 is 0. The van der Waals surface area contributed by atoms with Crippen LogP contribution in [0.5, 0.6) is 5.75 Å². The number of rotatable bonds is 9. The minimum absolute atomic E-state index is 0.290. The van der Waals surface area contributed by atoms with Crippen molar-refractivity contribution in [2.45, 2.75) is 19.4 Å². The number of phenols is 1. The van der Waals surface area contributed by atoms with Crippen LogP contribution in [0.3, 0.4) is 0 Å². The van der Waals surface area contributed by atoms with Gasteiger partial charge in [-0.05, 0) is 54.7 Å². The molecule has 1 saturated carbocycles. The van der Waals surface area contributed by atoms with E-state index >= 15 is 0 Å². The molecule has 0 atom stereocenters. The van der Waals surface area contributed by atoms with Crippen molar-refractivity contribution < 1.29 is 5.11 Å². The predicted molar refractivity (Wildman–Crippen MR) is 96.9 cm³/mol. The summed E-state index contributed by atoms with van der Waals surface area (Å²) in [5.41, 5.74) is 3.02. The SMILES string of the molecule is C=C/C=C(/C=C\C(=C)NCC1CC1)N(C)Cc1cccc(O)c1. The number of nitrogens with one attached hydrogen (secondary N) is 1. The molecule has 1 aromatic rings. The highest BCUT2D eigenvalue weighted by atomic mass is 16.3. The molecule has 3 nitrogen and oxygen atoms in total. The van der Waals surface area contributed by atoms with Gasteiger partial charge in [-0.3, -0.25) is 0 Å². The highest BCUT2D eigenvalue weighted by Gasteiger charge is 2.20. The molecule has 0 aliphatic heterocycles. The number of nitrogens with zero attached hydrogens (tertiary/aromatic N) is 1. The van der Waals surface area contributed by atoms with Crippen molar-refractivity contribution in [2.75, 3.05) is 13.6 Å². The Kier molecular flexibility index (Phi) is 6.10. The fourth-order valence-corrected chi connectivity index (χ4v) is 2.29. The topological polar surface area (TPSA) is 35.5 Å². The Morgan fingerprint density at radius 1 is 1.39 bits per heavy atom. The van der Waals surface area contributed by atoms with Gasteiger partial charge in [0, 0.05) is 31.5 Å². The third-order valence-corrected chi connectivity index (χ3v) is 3.83. The van der Waals surface area contributed by atoms with Crippen LogP contribution in [0.1, 0.15) is 18.4 Å². The fraction of sp³-hybridized carbons (Fsp3) is 0.300. The average Bonchev–Trinajstić information content (AvgIpc) is 3.33. The van der Waals surface area contributed by atoms with Crippen molar-refractivity contribution in [2.24, 2.45) is 5.92 Å². The van der Waals surface area contributed by atoms with Crippen molar-refractivity contribution >= 4 is 0 Å². The van der Waals surface area contributed by atoms with Gasteiger partial charge in [0.2, 0.25) is 0 Å². The van der Waals surface area contributed by atoms with Gasteiger partial charge in [-0.25, -0.2) is 0 Å². The number of hydrogen-bond donors (Lipinski definition) is 2. The van der Waals surface area contributed by atoms with E-state index < -0.39 is 0 Å². The largest absolute Gasteiger partial charge is 0.508 e. The van der Waals surface area contributed by atoms with E-state index in [0.29, 0.717) is 12.3 Å². The van der Waals surface area contributed by atoms with E-state index in [0.717, 1.165) is 29.4 Å². The molecule has 23 heavy (non-hydrogen) atoms. The Morgan fingerprint density at radius 3 is 2.83 bits per heavy atom. The lowest BCUT2D eigenvalue weighted by Gasteiger charge is -2.20. The lowest BCUT2D eigenvalue weighted by molar-refractivity contribution is 0.421. The van der Waals surface area contributed by atoms with Crippen LogP contribution in [0.4, 0.5) is 0 Å². The molecule has 0 saturated heterocycles. The quantitative estimate of drug-likeness (QED) is 0.678. The van der Waals surface area contributed by atoms with Gasteiger partial charge in [0.15, 0.2) is 0 Å². The number of hydrogen-bond acceptors (Lipinski definition) is 3. The summed E-state index contributed by atoms with van der Waals surface area (Å²) in [4.78, 5) is 2.11. The van der Waals surface area contributed by atoms with Crippen molar-refractivity contribution in [1.82, 2.24) is 10.2 Å². The summed E-state index contributed by atoms with van der Waals surface area (Å²) < 4.78 is 0. The summed E-state index contributed by atoms with van der Waals surface area (Å²) in [6.07, 6.45) is 10.4. The Bertz CT molecular complexity index is 612. The fourth-order valence-electron chi connectivity index (χ4n) is 2.29. The smallest absolute Gasteiger partial charge is 0.115 e. The second-order valence-electron chi connectivity index (χ2n) is 6.04. The Morgan fingerprint density at radius 2 is 2.17 bits per heavy atom. The first-order valence-corrected chi connectivity index (χ1v) is 8.01. The van der Waals surface area contributed by atoms with E-state index in [1.54, 1.807) is 18.2 Å². The molecule has 1 aromatic carbocycles. The van der Waals surface area contributed by atoms with E-state index in [1.807, 2.05) is 37.4 Å². The zero-order valence-electron chi connectivity index (χ0n) is 13.8. The van der Waals surface area contributed by atoms with E-state index in [2.05, 4.69) is 23.4 Å². The molecular weight excluding hydrogens is 284 g/mol. The van der Waals surface area contributed by atoms with Crippen LogP contribution in [0.2, 0.25) is 0 Å². The first-order valence-electron chi connectivity index (χ1n) is 8.01. The predicted octanol–water partition coefficient (Wildman–Crippen LogP) is 3.96. The molecule has 0 unspecified atom stereocenters. The average molecular weight is 310 g/mol. The molecule has 0 aromatic heterocycles. The standard InChI is InChI=1S/C20H26N2O/c1-4-6-19(12-9-16(2)21-14-17-10-11-17)22(3)15-18-7-5-8-20(23)13-18/h4-9,12-13,17,21,23H,1-2,10-11,14-15H2,3H3/b12-9-,19-6-. The summed E-state index contributed by atoms with van der Waals surface area (Å²) in [6.45, 7) is 9.55. The highest BCUT2D eigenvalue weighted by Crippen LogP contribution is 2.27. The van der Waals surface area contributed by atoms with Crippen LogP contribution in [-0.4, -0.2) is 23.6 Å². The lowest BCUT2D eigenvalue weighted by Crippen LogP contribution is -2.17. The molecule has 1 aliphatic rings. The van der Waals surface area contributed by atoms with Gasteiger partial charge in [-0.2, -0.15) is 0 Å². The zero-order chi connectivity index (χ0) is 16.7. The molecular formula is C20H26N2O. The van der Waals surface area contributed by atoms with Crippen LogP contribution in [0.15, 0.2) is 73.1 Å². The van der Waals surface area contributed by atoms with Gasteiger partial charge >= 0.3 is 0 Å². The molecule has 0 amide bonds. The normalized spacial score (nSPS) is 14.7. The van der Waals surface area contributed by atoms with Crippen LogP contribution < -0.4 is 5.32 Å². The second kappa shape index (κ2) is 8.28. The third kappa shape index (κ3) is 6.07. The molecule has 1 fully saturated rings. The minimum atomic E-state index is 0.290. The molecule has 1 aliphatic carbocycles. The van der Waals surface area contributed by atoms with E-state index in [-0.39, 0.29) is 0 Å². The second-order valence-corrected chi connectivity index (χ2v) is 6.04. The van der Waals surface area contributed by atoms with Gasteiger partial charge < -0.3 is 15.3 Å². The summed E-state index contributed by atoms with van der Waals surface area (Å²) in [6, 6.07) is 7.32. The van der Waals surface area contributed by atoms with E-state index in [4.69, 9.17) is 0 Å². The first kappa shape index (κ1) is 16.9. The van der Waals surface area contributed by atoms with Gasteiger partial charge in [0.05, 0.1) is 0 Å². The number of aromatic hydroxyl groups is 1.